The van der Waals surface area contributed by atoms with E-state index in [0.717, 1.165) is 43.0 Å². The van der Waals surface area contributed by atoms with Crippen LogP contribution in [0.1, 0.15) is 24.6 Å². The fourth-order valence-electron chi connectivity index (χ4n) is 3.09. The molecule has 2 aromatic rings. The molecule has 1 saturated heterocycles. The van der Waals surface area contributed by atoms with Crippen LogP contribution in [0.2, 0.25) is 0 Å². The van der Waals surface area contributed by atoms with Crippen molar-refractivity contribution in [2.75, 3.05) is 13.1 Å². The molecular formula is C17H19N3O. The van der Waals surface area contributed by atoms with Crippen LogP contribution in [0.5, 0.6) is 0 Å². The minimum absolute atomic E-state index is 0.323. The van der Waals surface area contributed by atoms with Crippen molar-refractivity contribution in [1.29, 1.82) is 0 Å². The second kappa shape index (κ2) is 4.72. The summed E-state index contributed by atoms with van der Waals surface area (Å²) in [5, 5.41) is 0. The molecule has 4 heteroatoms. The molecule has 1 aromatic carbocycles. The predicted molar refractivity (Wildman–Crippen MR) is 80.7 cm³/mol. The van der Waals surface area contributed by atoms with Crippen molar-refractivity contribution < 1.29 is 4.79 Å². The van der Waals surface area contributed by atoms with E-state index in [1.54, 1.807) is 0 Å². The lowest BCUT2D eigenvalue weighted by molar-refractivity contribution is -0.138. The Morgan fingerprint density at radius 2 is 1.90 bits per heavy atom. The Morgan fingerprint density at radius 1 is 1.19 bits per heavy atom. The molecule has 1 aliphatic carbocycles. The summed E-state index contributed by atoms with van der Waals surface area (Å²) in [5.74, 6) is 1.69. The first kappa shape index (κ1) is 12.6. The van der Waals surface area contributed by atoms with E-state index in [-0.39, 0.29) is 0 Å². The van der Waals surface area contributed by atoms with Gasteiger partial charge in [0, 0.05) is 36.5 Å². The van der Waals surface area contributed by atoms with Crippen molar-refractivity contribution in [1.82, 2.24) is 14.5 Å². The van der Waals surface area contributed by atoms with Crippen LogP contribution >= 0.6 is 0 Å². The highest BCUT2D eigenvalue weighted by Crippen LogP contribution is 2.36. The van der Waals surface area contributed by atoms with Crippen LogP contribution in [-0.2, 0) is 4.79 Å². The number of amides is 1. The Bertz CT molecular complexity index is 667. The molecule has 1 aliphatic heterocycles. The lowest BCUT2D eigenvalue weighted by Gasteiger charge is -2.41. The summed E-state index contributed by atoms with van der Waals surface area (Å²) in [6.45, 7) is 3.74. The van der Waals surface area contributed by atoms with E-state index < -0.39 is 0 Å². The molecule has 0 spiro atoms. The Kier molecular flexibility index (Phi) is 2.84. The molecule has 0 radical (unpaired) electrons. The maximum absolute atomic E-state index is 12.0. The van der Waals surface area contributed by atoms with Crippen LogP contribution in [0.4, 0.5) is 0 Å². The molecule has 1 saturated carbocycles. The van der Waals surface area contributed by atoms with Crippen LogP contribution in [0.3, 0.4) is 0 Å². The molecule has 4 rings (SSSR count). The van der Waals surface area contributed by atoms with Gasteiger partial charge in [0.15, 0.2) is 0 Å². The van der Waals surface area contributed by atoms with Gasteiger partial charge >= 0.3 is 0 Å². The van der Waals surface area contributed by atoms with Gasteiger partial charge in [-0.1, -0.05) is 30.3 Å². The highest BCUT2D eigenvalue weighted by molar-refractivity contribution is 5.81. The van der Waals surface area contributed by atoms with Gasteiger partial charge in [-0.2, -0.15) is 0 Å². The van der Waals surface area contributed by atoms with E-state index in [1.807, 2.05) is 29.3 Å². The largest absolute Gasteiger partial charge is 0.338 e. The fraction of sp³-hybridized carbons (Fsp3) is 0.412. The third kappa shape index (κ3) is 2.15. The van der Waals surface area contributed by atoms with Crippen LogP contribution in [0, 0.1) is 12.8 Å². The third-order valence-corrected chi connectivity index (χ3v) is 4.48. The third-order valence-electron chi connectivity index (χ3n) is 4.48. The number of aryl methyl sites for hydroxylation is 1. The lowest BCUT2D eigenvalue weighted by atomic mass is 10.1. The van der Waals surface area contributed by atoms with Gasteiger partial charge in [-0.25, -0.2) is 4.98 Å². The number of hydrogen-bond acceptors (Lipinski definition) is 2. The quantitative estimate of drug-likeness (QED) is 0.867. The molecule has 1 aromatic heterocycles. The van der Waals surface area contributed by atoms with E-state index in [0.29, 0.717) is 17.9 Å². The zero-order chi connectivity index (χ0) is 14.4. The van der Waals surface area contributed by atoms with Gasteiger partial charge in [-0.3, -0.25) is 4.79 Å². The van der Waals surface area contributed by atoms with Crippen molar-refractivity contribution in [3.63, 3.8) is 0 Å². The summed E-state index contributed by atoms with van der Waals surface area (Å²) < 4.78 is 2.28. The van der Waals surface area contributed by atoms with Crippen LogP contribution < -0.4 is 0 Å². The van der Waals surface area contributed by atoms with Gasteiger partial charge < -0.3 is 9.47 Å². The number of imidazole rings is 1. The average Bonchev–Trinajstić information content (AvgIpc) is 3.24. The minimum atomic E-state index is 0.323. The van der Waals surface area contributed by atoms with Crippen molar-refractivity contribution in [3.05, 3.63) is 42.2 Å². The van der Waals surface area contributed by atoms with Crippen LogP contribution in [-0.4, -0.2) is 33.4 Å². The van der Waals surface area contributed by atoms with Gasteiger partial charge in [0.1, 0.15) is 5.82 Å². The Morgan fingerprint density at radius 3 is 2.57 bits per heavy atom. The molecule has 21 heavy (non-hydrogen) atoms. The maximum Gasteiger partial charge on any atom is 0.225 e. The molecule has 2 aliphatic rings. The standard InChI is InChI=1S/C17H19N3O/c1-12-9-18-16(13-5-3-2-4-6-13)20(12)15-10-19(11-15)17(21)14-7-8-14/h2-6,9,14-15H,7-8,10-11H2,1H3. The highest BCUT2D eigenvalue weighted by atomic mass is 16.2. The summed E-state index contributed by atoms with van der Waals surface area (Å²) in [5.41, 5.74) is 2.30. The summed E-state index contributed by atoms with van der Waals surface area (Å²) in [7, 11) is 0. The molecule has 0 atom stereocenters. The molecule has 108 valence electrons. The smallest absolute Gasteiger partial charge is 0.225 e. The number of aromatic nitrogens is 2. The van der Waals surface area contributed by atoms with Crippen molar-refractivity contribution in [2.24, 2.45) is 5.92 Å². The molecule has 2 heterocycles. The van der Waals surface area contributed by atoms with E-state index >= 15 is 0 Å². The van der Waals surface area contributed by atoms with Gasteiger partial charge in [0.05, 0.1) is 6.04 Å². The lowest BCUT2D eigenvalue weighted by Crippen LogP contribution is -2.51. The first-order chi connectivity index (χ1) is 10.2. The van der Waals surface area contributed by atoms with Crippen molar-refractivity contribution in [2.45, 2.75) is 25.8 Å². The maximum atomic E-state index is 12.0. The molecule has 1 amide bonds. The van der Waals surface area contributed by atoms with Crippen molar-refractivity contribution in [3.8, 4) is 11.4 Å². The first-order valence-electron chi connectivity index (χ1n) is 7.62. The summed E-state index contributed by atoms with van der Waals surface area (Å²) >= 11 is 0. The number of carbonyl (C=O) groups is 1. The Hall–Kier alpha value is -2.10. The zero-order valence-corrected chi connectivity index (χ0v) is 12.2. The first-order valence-corrected chi connectivity index (χ1v) is 7.62. The summed E-state index contributed by atoms with van der Waals surface area (Å²) in [6.07, 6.45) is 4.09. The van der Waals surface area contributed by atoms with Gasteiger partial charge in [-0.05, 0) is 19.8 Å². The highest BCUT2D eigenvalue weighted by Gasteiger charge is 2.40. The van der Waals surface area contributed by atoms with E-state index in [9.17, 15) is 4.79 Å². The number of benzene rings is 1. The zero-order valence-electron chi connectivity index (χ0n) is 12.2. The van der Waals surface area contributed by atoms with E-state index in [4.69, 9.17) is 0 Å². The Balaban J connectivity index is 1.56. The predicted octanol–water partition coefficient (Wildman–Crippen LogP) is 2.65. The van der Waals surface area contributed by atoms with Gasteiger partial charge in [-0.15, -0.1) is 0 Å². The molecule has 0 bridgehead atoms. The summed E-state index contributed by atoms with van der Waals surface area (Å²) in [4.78, 5) is 18.6. The molecule has 4 nitrogen and oxygen atoms in total. The number of nitrogens with zero attached hydrogens (tertiary/aromatic N) is 3. The second-order valence-corrected chi connectivity index (χ2v) is 6.13. The topological polar surface area (TPSA) is 38.1 Å². The van der Waals surface area contributed by atoms with E-state index in [1.165, 1.54) is 0 Å². The number of hydrogen-bond donors (Lipinski definition) is 0. The van der Waals surface area contributed by atoms with Gasteiger partial charge in [0.25, 0.3) is 0 Å². The SMILES string of the molecule is Cc1cnc(-c2ccccc2)n1C1CN(C(=O)C2CC2)C1. The normalized spacial score (nSPS) is 18.6. The van der Waals surface area contributed by atoms with Crippen LogP contribution in [0.15, 0.2) is 36.5 Å². The monoisotopic (exact) mass is 281 g/mol. The second-order valence-electron chi connectivity index (χ2n) is 6.13. The molecule has 0 N–H and O–H groups in total. The Labute approximate surface area is 124 Å². The minimum Gasteiger partial charge on any atom is -0.338 e. The van der Waals surface area contributed by atoms with E-state index in [2.05, 4.69) is 28.6 Å². The van der Waals surface area contributed by atoms with Gasteiger partial charge in [0.2, 0.25) is 5.91 Å². The number of rotatable bonds is 3. The average molecular weight is 281 g/mol. The fourth-order valence-corrected chi connectivity index (χ4v) is 3.09. The molecule has 2 fully saturated rings. The molecule has 0 unspecified atom stereocenters. The van der Waals surface area contributed by atoms with Crippen LogP contribution in [0.25, 0.3) is 11.4 Å². The number of likely N-dealkylation sites (tertiary alicyclic amines) is 1. The number of carbonyl (C=O) groups excluding carboxylic acids is 1. The molecular weight excluding hydrogens is 262 g/mol. The van der Waals surface area contributed by atoms with Crippen molar-refractivity contribution >= 4 is 5.91 Å². The summed E-state index contributed by atoms with van der Waals surface area (Å²) in [6, 6.07) is 10.6.